The minimum Gasteiger partial charge on any atom is -0.372 e. The number of ether oxygens (including phenoxy) is 1. The van der Waals surface area contributed by atoms with Gasteiger partial charge in [0, 0.05) is 30.8 Å². The van der Waals surface area contributed by atoms with Crippen LogP contribution in [0.1, 0.15) is 40.1 Å². The molecule has 3 aromatic rings. The smallest absolute Gasteiger partial charge is 0.254 e. The molecule has 0 spiro atoms. The molecule has 3 aromatic carbocycles. The molecule has 7 nitrogen and oxygen atoms in total. The van der Waals surface area contributed by atoms with Gasteiger partial charge in [0.25, 0.3) is 11.8 Å². The molecule has 0 aliphatic carbocycles. The van der Waals surface area contributed by atoms with Crippen molar-refractivity contribution in [3.8, 4) is 11.1 Å². The molecule has 2 unspecified atom stereocenters. The summed E-state index contributed by atoms with van der Waals surface area (Å²) < 4.78 is 5.70. The topological polar surface area (TPSA) is 87.7 Å². The van der Waals surface area contributed by atoms with Crippen LogP contribution in [0, 0.1) is 0 Å². The third-order valence-corrected chi connectivity index (χ3v) is 6.06. The lowest BCUT2D eigenvalue weighted by atomic mass is 10.0. The molecule has 7 heteroatoms. The van der Waals surface area contributed by atoms with Gasteiger partial charge in [-0.2, -0.15) is 0 Å². The van der Waals surface area contributed by atoms with E-state index < -0.39 is 0 Å². The summed E-state index contributed by atoms with van der Waals surface area (Å²) in [5.41, 5.74) is 4.06. The molecule has 186 valence electrons. The van der Waals surface area contributed by atoms with Gasteiger partial charge >= 0.3 is 0 Å². The van der Waals surface area contributed by atoms with E-state index in [0.717, 1.165) is 16.7 Å². The fraction of sp³-hybridized carbons (Fsp3) is 0.276. The molecular weight excluding hydrogens is 454 g/mol. The third kappa shape index (κ3) is 6.58. The van der Waals surface area contributed by atoms with Gasteiger partial charge in [-0.05, 0) is 54.8 Å². The SMILES string of the molecule is CC1CN(C(=O)c2ccc(CNC(=O)CNC(=O)c3ccc(-c4ccccc4)cc3)cc2)CC(C)O1. The highest BCUT2D eigenvalue weighted by Gasteiger charge is 2.26. The number of nitrogens with one attached hydrogen (secondary N) is 2. The first-order valence-corrected chi connectivity index (χ1v) is 12.1. The molecule has 1 fully saturated rings. The van der Waals surface area contributed by atoms with Crippen LogP contribution in [0.5, 0.6) is 0 Å². The second kappa shape index (κ2) is 11.6. The standard InChI is InChI=1S/C29H31N3O4/c1-20-18-32(19-21(2)36-20)29(35)26-10-8-22(9-11-26)16-30-27(33)17-31-28(34)25-14-12-24(13-15-25)23-6-4-3-5-7-23/h3-15,20-21H,16-19H2,1-2H3,(H,30,33)(H,31,34). The Balaban J connectivity index is 1.22. The molecule has 0 aromatic heterocycles. The van der Waals surface area contributed by atoms with E-state index >= 15 is 0 Å². The molecular formula is C29H31N3O4. The van der Waals surface area contributed by atoms with Crippen LogP contribution in [0.2, 0.25) is 0 Å². The molecule has 1 saturated heterocycles. The number of morpholine rings is 1. The highest BCUT2D eigenvalue weighted by atomic mass is 16.5. The zero-order valence-corrected chi connectivity index (χ0v) is 20.6. The maximum atomic E-state index is 12.8. The van der Waals surface area contributed by atoms with Crippen molar-refractivity contribution in [3.63, 3.8) is 0 Å². The van der Waals surface area contributed by atoms with Gasteiger partial charge in [-0.1, -0.05) is 54.6 Å². The van der Waals surface area contributed by atoms with E-state index in [1.54, 1.807) is 24.3 Å². The van der Waals surface area contributed by atoms with Gasteiger partial charge in [-0.15, -0.1) is 0 Å². The summed E-state index contributed by atoms with van der Waals surface area (Å²) in [4.78, 5) is 39.2. The summed E-state index contributed by atoms with van der Waals surface area (Å²) in [5, 5.41) is 5.44. The predicted octanol–water partition coefficient (Wildman–Crippen LogP) is 3.65. The van der Waals surface area contributed by atoms with Gasteiger partial charge in [0.2, 0.25) is 5.91 Å². The molecule has 0 saturated carbocycles. The minimum atomic E-state index is -0.306. The Kier molecular flexibility index (Phi) is 8.13. The van der Waals surface area contributed by atoms with Crippen LogP contribution < -0.4 is 10.6 Å². The number of amides is 3. The fourth-order valence-electron chi connectivity index (χ4n) is 4.26. The first-order valence-electron chi connectivity index (χ1n) is 12.1. The number of hydrogen-bond donors (Lipinski definition) is 2. The van der Waals surface area contributed by atoms with Crippen molar-refractivity contribution in [2.45, 2.75) is 32.6 Å². The van der Waals surface area contributed by atoms with Gasteiger partial charge in [0.05, 0.1) is 18.8 Å². The molecule has 1 aliphatic heterocycles. The highest BCUT2D eigenvalue weighted by Crippen LogP contribution is 2.19. The van der Waals surface area contributed by atoms with Crippen molar-refractivity contribution in [1.29, 1.82) is 0 Å². The van der Waals surface area contributed by atoms with Crippen LogP contribution in [0.4, 0.5) is 0 Å². The molecule has 2 N–H and O–H groups in total. The quantitative estimate of drug-likeness (QED) is 0.535. The van der Waals surface area contributed by atoms with Gasteiger partial charge < -0.3 is 20.3 Å². The molecule has 2 atom stereocenters. The first-order chi connectivity index (χ1) is 17.4. The lowest BCUT2D eigenvalue weighted by Crippen LogP contribution is -2.48. The lowest BCUT2D eigenvalue weighted by molar-refractivity contribution is -0.120. The van der Waals surface area contributed by atoms with E-state index in [1.165, 1.54) is 0 Å². The van der Waals surface area contributed by atoms with E-state index in [4.69, 9.17) is 4.74 Å². The van der Waals surface area contributed by atoms with Gasteiger partial charge in [-0.3, -0.25) is 14.4 Å². The Bertz CT molecular complexity index is 1180. The van der Waals surface area contributed by atoms with Gasteiger partial charge in [0.15, 0.2) is 0 Å². The number of carbonyl (C=O) groups excluding carboxylic acids is 3. The average molecular weight is 486 g/mol. The number of rotatable bonds is 7. The highest BCUT2D eigenvalue weighted by molar-refractivity contribution is 5.97. The zero-order chi connectivity index (χ0) is 25.5. The summed E-state index contributed by atoms with van der Waals surface area (Å²) in [6.07, 6.45) is 0.0302. The van der Waals surface area contributed by atoms with E-state index in [2.05, 4.69) is 10.6 Å². The van der Waals surface area contributed by atoms with Crippen molar-refractivity contribution in [2.24, 2.45) is 0 Å². The lowest BCUT2D eigenvalue weighted by Gasteiger charge is -2.35. The fourth-order valence-corrected chi connectivity index (χ4v) is 4.26. The molecule has 0 radical (unpaired) electrons. The number of nitrogens with zero attached hydrogens (tertiary/aromatic N) is 1. The summed E-state index contributed by atoms with van der Waals surface area (Å²) in [5.74, 6) is -0.618. The molecule has 1 heterocycles. The van der Waals surface area contributed by atoms with E-state index in [1.807, 2.05) is 73.3 Å². The van der Waals surface area contributed by atoms with Crippen molar-refractivity contribution in [1.82, 2.24) is 15.5 Å². The molecule has 36 heavy (non-hydrogen) atoms. The van der Waals surface area contributed by atoms with E-state index in [9.17, 15) is 14.4 Å². The Morgan fingerprint density at radius 3 is 2.00 bits per heavy atom. The van der Waals surface area contributed by atoms with Crippen molar-refractivity contribution in [2.75, 3.05) is 19.6 Å². The van der Waals surface area contributed by atoms with Crippen LogP contribution in [-0.2, 0) is 16.1 Å². The van der Waals surface area contributed by atoms with Crippen molar-refractivity contribution >= 4 is 17.7 Å². The van der Waals surface area contributed by atoms with E-state index in [-0.39, 0.29) is 36.5 Å². The molecule has 3 amide bonds. The Morgan fingerprint density at radius 2 is 1.36 bits per heavy atom. The predicted molar refractivity (Wildman–Crippen MR) is 138 cm³/mol. The maximum Gasteiger partial charge on any atom is 0.254 e. The Hall–Kier alpha value is -3.97. The second-order valence-electron chi connectivity index (χ2n) is 9.07. The monoisotopic (exact) mass is 485 g/mol. The van der Waals surface area contributed by atoms with Crippen LogP contribution in [0.25, 0.3) is 11.1 Å². The maximum absolute atomic E-state index is 12.8. The summed E-state index contributed by atoms with van der Waals surface area (Å²) in [6, 6.07) is 24.4. The molecule has 1 aliphatic rings. The minimum absolute atomic E-state index is 0.0151. The van der Waals surface area contributed by atoms with Crippen LogP contribution in [0.3, 0.4) is 0 Å². The van der Waals surface area contributed by atoms with Gasteiger partial charge in [0.1, 0.15) is 0 Å². The summed E-state index contributed by atoms with van der Waals surface area (Å²) in [6.45, 7) is 5.26. The molecule has 0 bridgehead atoms. The second-order valence-corrected chi connectivity index (χ2v) is 9.07. The average Bonchev–Trinajstić information content (AvgIpc) is 2.90. The number of benzene rings is 3. The van der Waals surface area contributed by atoms with Crippen molar-refractivity contribution in [3.05, 3.63) is 95.6 Å². The van der Waals surface area contributed by atoms with E-state index in [0.29, 0.717) is 30.8 Å². The summed E-state index contributed by atoms with van der Waals surface area (Å²) in [7, 11) is 0. The number of carbonyl (C=O) groups is 3. The number of hydrogen-bond acceptors (Lipinski definition) is 4. The molecule has 4 rings (SSSR count). The van der Waals surface area contributed by atoms with Crippen LogP contribution >= 0.6 is 0 Å². The largest absolute Gasteiger partial charge is 0.372 e. The first kappa shape index (κ1) is 25.1. The van der Waals surface area contributed by atoms with Crippen LogP contribution in [-0.4, -0.2) is 54.5 Å². The third-order valence-electron chi connectivity index (χ3n) is 6.06. The normalized spacial score (nSPS) is 17.3. The van der Waals surface area contributed by atoms with Crippen LogP contribution in [0.15, 0.2) is 78.9 Å². The van der Waals surface area contributed by atoms with Gasteiger partial charge in [-0.25, -0.2) is 0 Å². The Morgan fingerprint density at radius 1 is 0.778 bits per heavy atom. The summed E-state index contributed by atoms with van der Waals surface area (Å²) >= 11 is 0. The zero-order valence-electron chi connectivity index (χ0n) is 20.6. The van der Waals surface area contributed by atoms with Crippen molar-refractivity contribution < 1.29 is 19.1 Å². The Labute approximate surface area is 211 Å².